The molecule has 0 amide bonds. The van der Waals surface area contributed by atoms with E-state index >= 15 is 0 Å². The molecule has 0 heterocycles. The van der Waals surface area contributed by atoms with Gasteiger partial charge in [-0.15, -0.1) is 0 Å². The maximum absolute atomic E-state index is 7.70. The van der Waals surface area contributed by atoms with Crippen molar-refractivity contribution >= 4 is 41.9 Å². The molecular formula is C41H48OPSi+. The van der Waals surface area contributed by atoms with Gasteiger partial charge in [0, 0.05) is 6.10 Å². The maximum atomic E-state index is 7.70. The van der Waals surface area contributed by atoms with Gasteiger partial charge in [-0.05, 0) is 71.1 Å². The van der Waals surface area contributed by atoms with Gasteiger partial charge in [0.05, 0.1) is 6.16 Å². The first-order valence-electron chi connectivity index (χ1n) is 16.3. The zero-order valence-electron chi connectivity index (χ0n) is 26.9. The predicted molar refractivity (Wildman–Crippen MR) is 197 cm³/mol. The van der Waals surface area contributed by atoms with E-state index in [9.17, 15) is 0 Å². The number of hydrogen-bond acceptors (Lipinski definition) is 1. The van der Waals surface area contributed by atoms with Crippen molar-refractivity contribution in [2.45, 2.75) is 64.5 Å². The number of hydrogen-bond donors (Lipinski definition) is 0. The Morgan fingerprint density at radius 1 is 0.545 bits per heavy atom. The van der Waals surface area contributed by atoms with Crippen molar-refractivity contribution < 1.29 is 4.43 Å². The average Bonchev–Trinajstić information content (AvgIpc) is 3.07. The van der Waals surface area contributed by atoms with Crippen molar-refractivity contribution in [3.63, 3.8) is 0 Å². The van der Waals surface area contributed by atoms with E-state index in [-0.39, 0.29) is 11.1 Å². The normalized spacial score (nSPS) is 13.0. The molecule has 5 aromatic carbocycles. The van der Waals surface area contributed by atoms with E-state index in [0.717, 1.165) is 31.8 Å². The van der Waals surface area contributed by atoms with Crippen LogP contribution in [0, 0.1) is 0 Å². The third-order valence-electron chi connectivity index (χ3n) is 8.98. The molecule has 1 atom stereocenters. The Kier molecular flexibility index (Phi) is 10.7. The largest absolute Gasteiger partial charge is 0.404 e. The minimum atomic E-state index is -2.63. The van der Waals surface area contributed by atoms with Crippen molar-refractivity contribution in [3.8, 4) is 0 Å². The van der Waals surface area contributed by atoms with Gasteiger partial charge >= 0.3 is 0 Å². The zero-order chi connectivity index (χ0) is 30.9. The molecule has 3 heteroatoms. The fraction of sp³-hybridized carbons (Fsp3) is 0.268. The standard InChI is InChI=1S/C41H48OPSi/c1-5-22-35(42-44(41(2,3)4,39-30-17-9-18-31-39)40-32-19-10-20-33-40)23-21-34-43(36-24-11-6-12-25-36,37-26-13-7-14-27-37)38-28-15-8-16-29-38/h6-20,24-33,35H,5,21-23,34H2,1-4H3/q+1/t35-/m1/s1. The Balaban J connectivity index is 1.53. The van der Waals surface area contributed by atoms with Crippen LogP contribution in [-0.4, -0.2) is 20.6 Å². The summed E-state index contributed by atoms with van der Waals surface area (Å²) in [5.74, 6) is 0. The van der Waals surface area contributed by atoms with Crippen LogP contribution in [0.5, 0.6) is 0 Å². The molecule has 0 saturated carbocycles. The Hall–Kier alpha value is -3.29. The predicted octanol–water partition coefficient (Wildman–Crippen LogP) is 8.51. The molecule has 0 unspecified atom stereocenters. The Bertz CT molecular complexity index is 1400. The third-order valence-corrected chi connectivity index (χ3v) is 18.6. The summed E-state index contributed by atoms with van der Waals surface area (Å²) >= 11 is 0. The topological polar surface area (TPSA) is 9.23 Å². The summed E-state index contributed by atoms with van der Waals surface area (Å²) in [6.45, 7) is 9.47. The molecule has 0 bridgehead atoms. The van der Waals surface area contributed by atoms with E-state index in [2.05, 4.69) is 179 Å². The van der Waals surface area contributed by atoms with Gasteiger partial charge in [-0.25, -0.2) is 0 Å². The van der Waals surface area contributed by atoms with Gasteiger partial charge in [0.2, 0.25) is 0 Å². The Morgan fingerprint density at radius 2 is 0.909 bits per heavy atom. The molecule has 0 aliphatic heterocycles. The highest BCUT2D eigenvalue weighted by molar-refractivity contribution is 7.95. The molecule has 5 rings (SSSR count). The Labute approximate surface area is 267 Å². The second-order valence-electron chi connectivity index (χ2n) is 12.9. The molecule has 0 aromatic heterocycles. The van der Waals surface area contributed by atoms with Gasteiger partial charge in [-0.2, -0.15) is 0 Å². The van der Waals surface area contributed by atoms with E-state index in [1.807, 2.05) is 0 Å². The lowest BCUT2D eigenvalue weighted by molar-refractivity contribution is 0.166. The van der Waals surface area contributed by atoms with Gasteiger partial charge in [-0.1, -0.05) is 149 Å². The summed E-state index contributed by atoms with van der Waals surface area (Å²) in [7, 11) is -4.50. The van der Waals surface area contributed by atoms with Crippen molar-refractivity contribution in [2.24, 2.45) is 0 Å². The average molecular weight is 616 g/mol. The molecular weight excluding hydrogens is 568 g/mol. The molecule has 0 saturated heterocycles. The lowest BCUT2D eigenvalue weighted by atomic mass is 10.1. The fourth-order valence-corrected chi connectivity index (χ4v) is 16.1. The minimum absolute atomic E-state index is 0.0312. The van der Waals surface area contributed by atoms with Gasteiger partial charge < -0.3 is 4.43 Å². The van der Waals surface area contributed by atoms with Gasteiger partial charge in [-0.3, -0.25) is 0 Å². The van der Waals surface area contributed by atoms with E-state index < -0.39 is 15.6 Å². The maximum Gasteiger partial charge on any atom is 0.261 e. The summed E-state index contributed by atoms with van der Waals surface area (Å²) in [6.07, 6.45) is 5.64. The first kappa shape index (κ1) is 32.1. The third kappa shape index (κ3) is 6.69. The summed E-state index contributed by atoms with van der Waals surface area (Å²) in [5.41, 5.74) is 0. The summed E-state index contributed by atoms with van der Waals surface area (Å²) in [5, 5.41) is 7.06. The molecule has 1 nitrogen and oxygen atoms in total. The van der Waals surface area contributed by atoms with Gasteiger partial charge in [0.25, 0.3) is 8.32 Å². The van der Waals surface area contributed by atoms with Crippen molar-refractivity contribution in [1.29, 1.82) is 0 Å². The van der Waals surface area contributed by atoms with Gasteiger partial charge in [0.15, 0.2) is 0 Å². The van der Waals surface area contributed by atoms with Crippen LogP contribution < -0.4 is 26.3 Å². The van der Waals surface area contributed by atoms with Crippen LogP contribution in [0.15, 0.2) is 152 Å². The Morgan fingerprint density at radius 3 is 1.25 bits per heavy atom. The lowest BCUT2D eigenvalue weighted by Gasteiger charge is -2.45. The summed E-state index contributed by atoms with van der Waals surface area (Å²) in [6, 6.07) is 56.1. The van der Waals surface area contributed by atoms with Gasteiger partial charge in [0.1, 0.15) is 23.2 Å². The first-order valence-corrected chi connectivity index (χ1v) is 20.1. The quantitative estimate of drug-likeness (QED) is 0.0953. The van der Waals surface area contributed by atoms with Crippen molar-refractivity contribution in [1.82, 2.24) is 0 Å². The SMILES string of the molecule is CCC[C@H](CCC[P+](c1ccccc1)(c1ccccc1)c1ccccc1)O[Si](c1ccccc1)(c1ccccc1)C(C)(C)C. The van der Waals surface area contributed by atoms with Crippen LogP contribution in [0.25, 0.3) is 0 Å². The van der Waals surface area contributed by atoms with E-state index in [4.69, 9.17) is 4.43 Å². The molecule has 226 valence electrons. The number of benzene rings is 5. The molecule has 0 fully saturated rings. The summed E-state index contributed by atoms with van der Waals surface area (Å²) in [4.78, 5) is 0. The molecule has 0 spiro atoms. The van der Waals surface area contributed by atoms with Crippen LogP contribution in [0.2, 0.25) is 5.04 Å². The molecule has 44 heavy (non-hydrogen) atoms. The highest BCUT2D eigenvalue weighted by Crippen LogP contribution is 2.56. The minimum Gasteiger partial charge on any atom is -0.404 e. The zero-order valence-corrected chi connectivity index (χ0v) is 28.8. The van der Waals surface area contributed by atoms with Crippen molar-refractivity contribution in [3.05, 3.63) is 152 Å². The van der Waals surface area contributed by atoms with E-state index in [0.29, 0.717) is 0 Å². The van der Waals surface area contributed by atoms with Crippen molar-refractivity contribution in [2.75, 3.05) is 6.16 Å². The second-order valence-corrected chi connectivity index (χ2v) is 20.7. The fourth-order valence-electron chi connectivity index (χ4n) is 6.96. The van der Waals surface area contributed by atoms with Crippen LogP contribution in [0.1, 0.15) is 53.4 Å². The number of rotatable bonds is 13. The van der Waals surface area contributed by atoms with Crippen LogP contribution in [-0.2, 0) is 4.43 Å². The molecule has 0 radical (unpaired) electrons. The van der Waals surface area contributed by atoms with Crippen LogP contribution in [0.3, 0.4) is 0 Å². The molecule has 0 aliphatic rings. The smallest absolute Gasteiger partial charge is 0.261 e. The molecule has 0 aliphatic carbocycles. The van der Waals surface area contributed by atoms with Crippen LogP contribution >= 0.6 is 7.26 Å². The highest BCUT2D eigenvalue weighted by atomic mass is 31.2. The monoisotopic (exact) mass is 615 g/mol. The van der Waals surface area contributed by atoms with E-state index in [1.54, 1.807) is 0 Å². The highest BCUT2D eigenvalue weighted by Gasteiger charge is 2.51. The molecule has 0 N–H and O–H groups in total. The van der Waals surface area contributed by atoms with E-state index in [1.165, 1.54) is 26.3 Å². The lowest BCUT2D eigenvalue weighted by Crippen LogP contribution is -2.67. The summed E-state index contributed by atoms with van der Waals surface area (Å²) < 4.78 is 7.70. The second kappa shape index (κ2) is 14.7. The first-order chi connectivity index (χ1) is 21.4. The molecule has 5 aromatic rings. The van der Waals surface area contributed by atoms with Crippen LogP contribution in [0.4, 0.5) is 0 Å².